The van der Waals surface area contributed by atoms with Crippen molar-refractivity contribution in [2.24, 2.45) is 0 Å². The molecule has 1 N–H and O–H groups in total. The van der Waals surface area contributed by atoms with Gasteiger partial charge < -0.3 is 5.32 Å². The van der Waals surface area contributed by atoms with Gasteiger partial charge in [-0.2, -0.15) is 5.10 Å². The van der Waals surface area contributed by atoms with Gasteiger partial charge in [0.15, 0.2) is 0 Å². The molecule has 0 aliphatic heterocycles. The molecule has 0 atom stereocenters. The van der Waals surface area contributed by atoms with Gasteiger partial charge in [0, 0.05) is 22.5 Å². The minimum Gasteiger partial charge on any atom is -0.352 e. The Morgan fingerprint density at radius 3 is 2.91 bits per heavy atom. The lowest BCUT2D eigenvalue weighted by Crippen LogP contribution is -2.22. The van der Waals surface area contributed by atoms with E-state index in [1.165, 1.54) is 0 Å². The average molecular weight is 314 g/mol. The quantitative estimate of drug-likeness (QED) is 0.801. The number of fused-ring (bicyclic) bond motifs is 1. The highest BCUT2D eigenvalue weighted by Crippen LogP contribution is 2.18. The van der Waals surface area contributed by atoms with Gasteiger partial charge in [-0.05, 0) is 36.8 Å². The van der Waals surface area contributed by atoms with E-state index in [1.807, 2.05) is 54.1 Å². The molecule has 22 heavy (non-hydrogen) atoms. The van der Waals surface area contributed by atoms with Crippen LogP contribution in [0.4, 0.5) is 0 Å². The van der Waals surface area contributed by atoms with Crippen molar-refractivity contribution in [3.8, 4) is 0 Å². The van der Waals surface area contributed by atoms with Gasteiger partial charge in [0.2, 0.25) is 0 Å². The van der Waals surface area contributed by atoms with Crippen LogP contribution >= 0.6 is 11.6 Å². The molecule has 4 nitrogen and oxygen atoms in total. The first-order chi connectivity index (χ1) is 10.7. The molecule has 2 aromatic carbocycles. The molecule has 0 aliphatic carbocycles. The summed E-state index contributed by atoms with van der Waals surface area (Å²) in [5.74, 6) is -0.0695. The highest BCUT2D eigenvalue weighted by atomic mass is 35.5. The first-order valence-electron chi connectivity index (χ1n) is 7.15. The Morgan fingerprint density at radius 2 is 2.14 bits per heavy atom. The second-order valence-electron chi connectivity index (χ2n) is 5.07. The molecule has 1 amide bonds. The number of hydrogen-bond donors (Lipinski definition) is 1. The van der Waals surface area contributed by atoms with Gasteiger partial charge in [0.1, 0.15) is 0 Å². The number of carbonyl (C=O) groups is 1. The molecule has 0 fully saturated rings. The third kappa shape index (κ3) is 2.97. The number of nitrogens with one attached hydrogen (secondary N) is 1. The van der Waals surface area contributed by atoms with Crippen LogP contribution in [0.3, 0.4) is 0 Å². The summed E-state index contributed by atoms with van der Waals surface area (Å²) in [6.07, 6.45) is 1.81. The van der Waals surface area contributed by atoms with Crippen LogP contribution in [0.5, 0.6) is 0 Å². The van der Waals surface area contributed by atoms with Crippen LogP contribution in [-0.4, -0.2) is 22.2 Å². The highest BCUT2D eigenvalue weighted by Gasteiger charge is 2.09. The molecule has 0 unspecified atom stereocenters. The van der Waals surface area contributed by atoms with Crippen molar-refractivity contribution in [1.29, 1.82) is 0 Å². The standard InChI is InChI=1S/C17H16ClN3O/c1-2-19-17(22)13-6-7-14-10-20-21(16(14)9-13)11-12-4-3-5-15(18)8-12/h3-10H,2,11H2,1H3,(H,19,22). The van der Waals surface area contributed by atoms with E-state index in [4.69, 9.17) is 11.6 Å². The van der Waals surface area contributed by atoms with Gasteiger partial charge in [-0.3, -0.25) is 9.48 Å². The number of hydrogen-bond acceptors (Lipinski definition) is 2. The Morgan fingerprint density at radius 1 is 1.27 bits per heavy atom. The first-order valence-corrected chi connectivity index (χ1v) is 7.53. The van der Waals surface area contributed by atoms with Crippen molar-refractivity contribution >= 4 is 28.4 Å². The van der Waals surface area contributed by atoms with Gasteiger partial charge >= 0.3 is 0 Å². The second kappa shape index (κ2) is 6.20. The first kappa shape index (κ1) is 14.6. The van der Waals surface area contributed by atoms with E-state index in [0.29, 0.717) is 23.7 Å². The normalized spacial score (nSPS) is 10.8. The summed E-state index contributed by atoms with van der Waals surface area (Å²) >= 11 is 6.02. The van der Waals surface area contributed by atoms with Crippen molar-refractivity contribution in [2.75, 3.05) is 6.54 Å². The van der Waals surface area contributed by atoms with Crippen LogP contribution in [0.2, 0.25) is 5.02 Å². The molecule has 0 aliphatic rings. The summed E-state index contributed by atoms with van der Waals surface area (Å²) in [4.78, 5) is 12.0. The largest absolute Gasteiger partial charge is 0.352 e. The molecule has 0 saturated heterocycles. The SMILES string of the molecule is CCNC(=O)c1ccc2cnn(Cc3cccc(Cl)c3)c2c1. The maximum atomic E-state index is 12.0. The lowest BCUT2D eigenvalue weighted by molar-refractivity contribution is 0.0956. The lowest BCUT2D eigenvalue weighted by Gasteiger charge is -2.06. The molecular weight excluding hydrogens is 298 g/mol. The minimum atomic E-state index is -0.0695. The predicted octanol–water partition coefficient (Wildman–Crippen LogP) is 3.49. The number of halogens is 1. The van der Waals surface area contributed by atoms with Gasteiger partial charge in [0.05, 0.1) is 18.3 Å². The summed E-state index contributed by atoms with van der Waals surface area (Å²) < 4.78 is 1.88. The van der Waals surface area contributed by atoms with E-state index in [9.17, 15) is 4.79 Å². The highest BCUT2D eigenvalue weighted by molar-refractivity contribution is 6.30. The fraction of sp³-hybridized carbons (Fsp3) is 0.176. The molecule has 3 aromatic rings. The molecule has 5 heteroatoms. The molecule has 0 radical (unpaired) electrons. The molecular formula is C17H16ClN3O. The summed E-state index contributed by atoms with van der Waals surface area (Å²) in [6.45, 7) is 3.13. The molecule has 0 saturated carbocycles. The maximum absolute atomic E-state index is 12.0. The molecule has 0 bridgehead atoms. The number of rotatable bonds is 4. The van der Waals surface area contributed by atoms with E-state index in [1.54, 1.807) is 6.20 Å². The van der Waals surface area contributed by atoms with E-state index in [0.717, 1.165) is 16.5 Å². The Hall–Kier alpha value is -2.33. The zero-order chi connectivity index (χ0) is 15.5. The molecule has 1 heterocycles. The number of benzene rings is 2. The van der Waals surface area contributed by atoms with Gasteiger partial charge in [0.25, 0.3) is 5.91 Å². The van der Waals surface area contributed by atoms with Crippen molar-refractivity contribution in [3.05, 3.63) is 64.8 Å². The average Bonchev–Trinajstić information content (AvgIpc) is 2.90. The van der Waals surface area contributed by atoms with Crippen molar-refractivity contribution in [3.63, 3.8) is 0 Å². The van der Waals surface area contributed by atoms with Gasteiger partial charge in [-0.15, -0.1) is 0 Å². The number of nitrogens with zero attached hydrogens (tertiary/aromatic N) is 2. The zero-order valence-electron chi connectivity index (χ0n) is 12.2. The maximum Gasteiger partial charge on any atom is 0.251 e. The Kier molecular flexibility index (Phi) is 4.11. The zero-order valence-corrected chi connectivity index (χ0v) is 13.0. The third-order valence-electron chi connectivity index (χ3n) is 3.47. The number of aromatic nitrogens is 2. The van der Waals surface area contributed by atoms with E-state index in [-0.39, 0.29) is 5.91 Å². The predicted molar refractivity (Wildman–Crippen MR) is 88.3 cm³/mol. The minimum absolute atomic E-state index is 0.0695. The molecule has 112 valence electrons. The Labute approximate surface area is 133 Å². The second-order valence-corrected chi connectivity index (χ2v) is 5.50. The number of amides is 1. The lowest BCUT2D eigenvalue weighted by atomic mass is 10.1. The van der Waals surface area contributed by atoms with E-state index in [2.05, 4.69) is 10.4 Å². The summed E-state index contributed by atoms with van der Waals surface area (Å²) in [7, 11) is 0. The van der Waals surface area contributed by atoms with Crippen molar-refractivity contribution in [2.45, 2.75) is 13.5 Å². The van der Waals surface area contributed by atoms with Crippen molar-refractivity contribution < 1.29 is 4.79 Å². The van der Waals surface area contributed by atoms with Crippen LogP contribution in [0.15, 0.2) is 48.7 Å². The summed E-state index contributed by atoms with van der Waals surface area (Å²) in [5.41, 5.74) is 2.65. The van der Waals surface area contributed by atoms with Crippen molar-refractivity contribution in [1.82, 2.24) is 15.1 Å². The Balaban J connectivity index is 1.96. The van der Waals surface area contributed by atoms with E-state index < -0.39 is 0 Å². The monoisotopic (exact) mass is 313 g/mol. The third-order valence-corrected chi connectivity index (χ3v) is 3.70. The van der Waals surface area contributed by atoms with Crippen LogP contribution in [0.25, 0.3) is 10.9 Å². The van der Waals surface area contributed by atoms with Crippen LogP contribution < -0.4 is 5.32 Å². The fourth-order valence-electron chi connectivity index (χ4n) is 2.41. The Bertz CT molecular complexity index is 826. The van der Waals surface area contributed by atoms with Crippen LogP contribution in [0, 0.1) is 0 Å². The molecule has 1 aromatic heterocycles. The topological polar surface area (TPSA) is 46.9 Å². The van der Waals surface area contributed by atoms with Crippen LogP contribution in [-0.2, 0) is 6.54 Å². The summed E-state index contributed by atoms with van der Waals surface area (Å²) in [6, 6.07) is 13.3. The van der Waals surface area contributed by atoms with Gasteiger partial charge in [-0.1, -0.05) is 29.8 Å². The van der Waals surface area contributed by atoms with Crippen LogP contribution in [0.1, 0.15) is 22.8 Å². The fourth-order valence-corrected chi connectivity index (χ4v) is 2.62. The summed E-state index contributed by atoms with van der Waals surface area (Å²) in [5, 5.41) is 8.93. The molecule has 0 spiro atoms. The number of carbonyl (C=O) groups excluding carboxylic acids is 1. The van der Waals surface area contributed by atoms with Gasteiger partial charge in [-0.25, -0.2) is 0 Å². The smallest absolute Gasteiger partial charge is 0.251 e. The van der Waals surface area contributed by atoms with E-state index >= 15 is 0 Å². The molecule has 3 rings (SSSR count).